The van der Waals surface area contributed by atoms with Crippen molar-refractivity contribution in [1.29, 1.82) is 5.26 Å². The number of hydrogen-bond acceptors (Lipinski definition) is 11. The first kappa shape index (κ1) is 24.6. The molecule has 0 radical (unpaired) electrons. The summed E-state index contributed by atoms with van der Waals surface area (Å²) in [5.41, 5.74) is 5.79. The van der Waals surface area contributed by atoms with Gasteiger partial charge in [0, 0.05) is 6.20 Å². The summed E-state index contributed by atoms with van der Waals surface area (Å²) in [5.74, 6) is -0.205. The minimum atomic E-state index is -4.16. The van der Waals surface area contributed by atoms with E-state index in [-0.39, 0.29) is 5.75 Å². The number of nitrogen functional groups attached to an aromatic ring is 1. The number of nitrogens with zero attached hydrogens (tertiary/aromatic N) is 5. The van der Waals surface area contributed by atoms with Gasteiger partial charge in [0.2, 0.25) is 0 Å². The summed E-state index contributed by atoms with van der Waals surface area (Å²) in [4.78, 5) is 19.8. The lowest BCUT2D eigenvalue weighted by atomic mass is 10.0. The van der Waals surface area contributed by atoms with Gasteiger partial charge in [-0.3, -0.25) is 14.3 Å². The van der Waals surface area contributed by atoms with Gasteiger partial charge in [-0.1, -0.05) is 0 Å². The van der Waals surface area contributed by atoms with E-state index in [0.717, 1.165) is 0 Å². The van der Waals surface area contributed by atoms with E-state index in [1.807, 2.05) is 0 Å². The van der Waals surface area contributed by atoms with Gasteiger partial charge in [-0.05, 0) is 44.0 Å². The van der Waals surface area contributed by atoms with Gasteiger partial charge < -0.3 is 19.7 Å². The minimum Gasteiger partial charge on any atom is -0.468 e. The Morgan fingerprint density at radius 1 is 1.49 bits per heavy atom. The van der Waals surface area contributed by atoms with Crippen LogP contribution in [0.15, 0.2) is 43.0 Å². The van der Waals surface area contributed by atoms with E-state index in [0.29, 0.717) is 29.9 Å². The maximum Gasteiger partial charge on any atom is 0.459 e. The number of nitriles is 1. The van der Waals surface area contributed by atoms with Gasteiger partial charge in [-0.2, -0.15) is 15.4 Å². The molecule has 0 saturated carbocycles. The molecule has 3 N–H and O–H groups in total. The van der Waals surface area contributed by atoms with Crippen molar-refractivity contribution in [3.8, 4) is 11.8 Å². The molecular formula is C21H24N7O6P. The Morgan fingerprint density at radius 3 is 3.03 bits per heavy atom. The van der Waals surface area contributed by atoms with Gasteiger partial charge in [-0.15, -0.1) is 0 Å². The molecule has 1 saturated heterocycles. The van der Waals surface area contributed by atoms with Crippen molar-refractivity contribution < 1.29 is 27.9 Å². The molecule has 0 aliphatic carbocycles. The van der Waals surface area contributed by atoms with Crippen LogP contribution in [-0.2, 0) is 23.4 Å². The van der Waals surface area contributed by atoms with Gasteiger partial charge >= 0.3 is 13.7 Å². The molecule has 0 aromatic carbocycles. The smallest absolute Gasteiger partial charge is 0.459 e. The van der Waals surface area contributed by atoms with Gasteiger partial charge in [-0.25, -0.2) is 14.1 Å². The molecule has 4 heterocycles. The van der Waals surface area contributed by atoms with E-state index in [9.17, 15) is 14.6 Å². The summed E-state index contributed by atoms with van der Waals surface area (Å²) in [7, 11) is -2.96. The second-order valence-electron chi connectivity index (χ2n) is 7.88. The van der Waals surface area contributed by atoms with Crippen molar-refractivity contribution in [2.24, 2.45) is 0 Å². The Labute approximate surface area is 200 Å². The Bertz CT molecular complexity index is 1300. The molecule has 184 valence electrons. The van der Waals surface area contributed by atoms with E-state index in [4.69, 9.17) is 19.5 Å². The molecule has 0 amide bonds. The number of pyridine rings is 1. The fourth-order valence-corrected chi connectivity index (χ4v) is 5.21. The first-order valence-electron chi connectivity index (χ1n) is 10.6. The highest BCUT2D eigenvalue weighted by atomic mass is 31.2. The van der Waals surface area contributed by atoms with E-state index in [2.05, 4.69) is 31.0 Å². The number of aromatic nitrogens is 4. The van der Waals surface area contributed by atoms with Crippen molar-refractivity contribution in [3.05, 3.63) is 48.7 Å². The molecule has 1 fully saturated rings. The average Bonchev–Trinajstić information content (AvgIpc) is 3.48. The monoisotopic (exact) mass is 501 g/mol. The zero-order chi connectivity index (χ0) is 25.1. The highest BCUT2D eigenvalue weighted by Crippen LogP contribution is 2.48. The summed E-state index contributed by atoms with van der Waals surface area (Å²) in [6.07, 6.45) is 4.48. The molecule has 14 heteroatoms. The molecule has 0 bridgehead atoms. The van der Waals surface area contributed by atoms with Gasteiger partial charge in [0.1, 0.15) is 42.4 Å². The predicted molar refractivity (Wildman–Crippen MR) is 122 cm³/mol. The third-order valence-electron chi connectivity index (χ3n) is 5.46. The molecule has 3 aromatic heterocycles. The number of anilines is 1. The van der Waals surface area contributed by atoms with Crippen LogP contribution in [0.5, 0.6) is 5.75 Å². The number of ether oxygens (including phenoxy) is 2. The number of methoxy groups -OCH3 is 1. The lowest BCUT2D eigenvalue weighted by molar-refractivity contribution is -0.142. The molecule has 1 aliphatic rings. The Balaban J connectivity index is 1.52. The van der Waals surface area contributed by atoms with E-state index >= 15 is 0 Å². The van der Waals surface area contributed by atoms with E-state index < -0.39 is 38.1 Å². The zero-order valence-corrected chi connectivity index (χ0v) is 19.9. The molecule has 0 spiro atoms. The Kier molecular flexibility index (Phi) is 7.00. The number of fused-ring (bicyclic) bond motifs is 1. The van der Waals surface area contributed by atoms with Crippen molar-refractivity contribution in [3.63, 3.8) is 0 Å². The molecule has 35 heavy (non-hydrogen) atoms. The third-order valence-corrected chi connectivity index (χ3v) is 7.08. The van der Waals surface area contributed by atoms with Crippen LogP contribution in [0.2, 0.25) is 0 Å². The van der Waals surface area contributed by atoms with E-state index in [1.54, 1.807) is 22.7 Å². The number of esters is 1. The average molecular weight is 501 g/mol. The largest absolute Gasteiger partial charge is 0.468 e. The van der Waals surface area contributed by atoms with E-state index in [1.165, 1.54) is 38.8 Å². The number of nitrogens with one attached hydrogen (secondary N) is 1. The minimum absolute atomic E-state index is 0.147. The summed E-state index contributed by atoms with van der Waals surface area (Å²) >= 11 is 0. The van der Waals surface area contributed by atoms with Crippen LogP contribution in [0.25, 0.3) is 5.52 Å². The number of hydrogen-bond donors (Lipinski definition) is 2. The van der Waals surface area contributed by atoms with Crippen LogP contribution in [0.3, 0.4) is 0 Å². The zero-order valence-electron chi connectivity index (χ0n) is 19.0. The molecule has 1 unspecified atom stereocenters. The van der Waals surface area contributed by atoms with Crippen LogP contribution in [-0.4, -0.2) is 50.9 Å². The fourth-order valence-electron chi connectivity index (χ4n) is 3.69. The summed E-state index contributed by atoms with van der Waals surface area (Å²) in [6, 6.07) is 7.80. The van der Waals surface area contributed by atoms with Crippen molar-refractivity contribution in [2.45, 2.75) is 37.5 Å². The fraction of sp³-hybridized carbons (Fsp3) is 0.381. The molecular weight excluding hydrogens is 477 g/mol. The first-order valence-corrected chi connectivity index (χ1v) is 12.2. The van der Waals surface area contributed by atoms with Crippen molar-refractivity contribution in [1.82, 2.24) is 24.7 Å². The number of carbonyl (C=O) groups is 1. The third kappa shape index (κ3) is 5.26. The van der Waals surface area contributed by atoms with Crippen LogP contribution in [0.4, 0.5) is 5.82 Å². The van der Waals surface area contributed by atoms with Crippen LogP contribution in [0.1, 0.15) is 31.6 Å². The Morgan fingerprint density at radius 2 is 2.31 bits per heavy atom. The van der Waals surface area contributed by atoms with Gasteiger partial charge in [0.25, 0.3) is 0 Å². The van der Waals surface area contributed by atoms with Gasteiger partial charge in [0.15, 0.2) is 11.4 Å². The van der Waals surface area contributed by atoms with Crippen LogP contribution < -0.4 is 15.3 Å². The normalized spacial score (nSPS) is 22.3. The molecule has 1 aliphatic heterocycles. The first-order chi connectivity index (χ1) is 16.8. The summed E-state index contributed by atoms with van der Waals surface area (Å²) < 4.78 is 37.1. The maximum atomic E-state index is 13.6. The summed E-state index contributed by atoms with van der Waals surface area (Å²) in [5, 5.41) is 16.7. The lowest BCUT2D eigenvalue weighted by Gasteiger charge is -2.26. The number of rotatable bonds is 9. The highest BCUT2D eigenvalue weighted by molar-refractivity contribution is 7.52. The molecule has 13 nitrogen and oxygen atoms in total. The molecule has 4 atom stereocenters. The van der Waals surface area contributed by atoms with Gasteiger partial charge in [0.05, 0.1) is 19.0 Å². The van der Waals surface area contributed by atoms with Crippen LogP contribution in [0, 0.1) is 11.3 Å². The molecule has 3 aromatic rings. The second-order valence-corrected chi connectivity index (χ2v) is 9.57. The van der Waals surface area contributed by atoms with Crippen molar-refractivity contribution in [2.75, 3.05) is 19.5 Å². The topological polar surface area (TPSA) is 176 Å². The second kappa shape index (κ2) is 9.97. The highest BCUT2D eigenvalue weighted by Gasteiger charge is 2.45. The quantitative estimate of drug-likeness (QED) is 0.323. The predicted octanol–water partition coefficient (Wildman–Crippen LogP) is 2.18. The van der Waals surface area contributed by atoms with Crippen LogP contribution >= 0.6 is 7.75 Å². The standard InChI is InChI=1S/C21H24N7O6P/c1-14(20(29)31-2)27-35(30,34-15-4-3-9-24-10-15)32-12-21(11-22)8-7-18(33-21)16-5-6-17-19(23)25-13-26-28(16)17/h3-6,9-10,13-14,18H,7-8,12H2,1-2H3,(H,27,30)(H2,23,25,26)/t14-,18+,21+,35?/m0/s1. The Hall–Kier alpha value is -3.56. The maximum absolute atomic E-state index is 13.6. The number of carbonyl (C=O) groups excluding carboxylic acids is 1. The lowest BCUT2D eigenvalue weighted by Crippen LogP contribution is -2.37. The van der Waals surface area contributed by atoms with Crippen molar-refractivity contribution >= 4 is 25.1 Å². The SMILES string of the molecule is COC(=O)[C@H](C)NP(=O)(OC[C@]1(C#N)CC[C@H](c2ccc3c(N)ncnn23)O1)Oc1cccnc1. The molecule has 4 rings (SSSR count). The summed E-state index contributed by atoms with van der Waals surface area (Å²) in [6.45, 7) is 1.06. The number of nitrogens with two attached hydrogens (primary N) is 1.